The summed E-state index contributed by atoms with van der Waals surface area (Å²) in [6, 6.07) is 2.06. The fraction of sp³-hybridized carbons (Fsp3) is 0.533. The number of anilines is 2. The molecule has 0 atom stereocenters. The van der Waals surface area contributed by atoms with Crippen LogP contribution in [0.3, 0.4) is 0 Å². The van der Waals surface area contributed by atoms with E-state index in [-0.39, 0.29) is 0 Å². The molecule has 6 nitrogen and oxygen atoms in total. The summed E-state index contributed by atoms with van der Waals surface area (Å²) in [5, 5.41) is 7.58. The van der Waals surface area contributed by atoms with Gasteiger partial charge in [-0.3, -0.25) is 4.68 Å². The molecule has 3 heterocycles. The predicted molar refractivity (Wildman–Crippen MR) is 91.6 cm³/mol. The molecular weight excluding hydrogens is 296 g/mol. The molecule has 0 amide bonds. The Bertz CT molecular complexity index is 593. The molecule has 0 saturated carbocycles. The third-order valence-corrected chi connectivity index (χ3v) is 4.64. The first kappa shape index (κ1) is 15.1. The average molecular weight is 318 g/mol. The second-order valence-corrected chi connectivity index (χ2v) is 6.64. The number of hydrogen-bond acceptors (Lipinski definition) is 6. The van der Waals surface area contributed by atoms with Crippen molar-refractivity contribution in [3.05, 3.63) is 30.4 Å². The van der Waals surface area contributed by atoms with Crippen LogP contribution < -0.4 is 10.2 Å². The lowest BCUT2D eigenvalue weighted by Gasteiger charge is -2.27. The van der Waals surface area contributed by atoms with Gasteiger partial charge in [0.05, 0.1) is 6.20 Å². The highest BCUT2D eigenvalue weighted by Gasteiger charge is 2.12. The third kappa shape index (κ3) is 4.13. The van der Waals surface area contributed by atoms with Crippen LogP contribution in [0.25, 0.3) is 0 Å². The Morgan fingerprint density at radius 1 is 1.27 bits per heavy atom. The molecule has 118 valence electrons. The van der Waals surface area contributed by atoms with E-state index >= 15 is 0 Å². The fourth-order valence-corrected chi connectivity index (χ4v) is 3.42. The van der Waals surface area contributed by atoms with Crippen LogP contribution in [0.15, 0.2) is 24.8 Å². The Hall–Kier alpha value is -1.76. The molecule has 0 radical (unpaired) electrons. The number of aromatic nitrogens is 4. The summed E-state index contributed by atoms with van der Waals surface area (Å²) in [5.74, 6) is 4.30. The van der Waals surface area contributed by atoms with E-state index in [9.17, 15) is 0 Å². The number of thioether (sulfide) groups is 1. The van der Waals surface area contributed by atoms with Crippen LogP contribution in [0.5, 0.6) is 0 Å². The van der Waals surface area contributed by atoms with E-state index in [1.807, 2.05) is 29.7 Å². The standard InChI is InChI=1S/C15H22N6S/c1-20-11-13(10-19-20)3-2-4-16-14-9-15(18-12-17-14)21-5-7-22-8-6-21/h9-12H,2-8H2,1H3,(H,16,17,18). The zero-order valence-electron chi connectivity index (χ0n) is 12.9. The Balaban J connectivity index is 1.47. The van der Waals surface area contributed by atoms with E-state index in [2.05, 4.69) is 37.5 Å². The summed E-state index contributed by atoms with van der Waals surface area (Å²) < 4.78 is 1.84. The van der Waals surface area contributed by atoms with Gasteiger partial charge in [0, 0.05) is 50.5 Å². The molecule has 3 rings (SSSR count). The van der Waals surface area contributed by atoms with Crippen LogP contribution in [0, 0.1) is 0 Å². The number of nitrogens with zero attached hydrogens (tertiary/aromatic N) is 5. The Kier molecular flexibility index (Phi) is 5.15. The highest BCUT2D eigenvalue weighted by Crippen LogP contribution is 2.18. The Morgan fingerprint density at radius 2 is 2.14 bits per heavy atom. The highest BCUT2D eigenvalue weighted by molar-refractivity contribution is 7.99. The molecule has 1 aliphatic heterocycles. The number of aryl methyl sites for hydroxylation is 2. The van der Waals surface area contributed by atoms with Crippen LogP contribution in [0.4, 0.5) is 11.6 Å². The Morgan fingerprint density at radius 3 is 2.91 bits per heavy atom. The summed E-state index contributed by atoms with van der Waals surface area (Å²) >= 11 is 2.01. The van der Waals surface area contributed by atoms with Crippen molar-refractivity contribution in [3.8, 4) is 0 Å². The van der Waals surface area contributed by atoms with Crippen molar-refractivity contribution in [1.82, 2.24) is 19.7 Å². The lowest BCUT2D eigenvalue weighted by atomic mass is 10.2. The average Bonchev–Trinajstić information content (AvgIpc) is 2.98. The van der Waals surface area contributed by atoms with Crippen LogP contribution >= 0.6 is 11.8 Å². The summed E-state index contributed by atoms with van der Waals surface area (Å²) in [7, 11) is 1.95. The van der Waals surface area contributed by atoms with Gasteiger partial charge in [-0.05, 0) is 18.4 Å². The molecule has 22 heavy (non-hydrogen) atoms. The maximum Gasteiger partial charge on any atom is 0.134 e. The summed E-state index contributed by atoms with van der Waals surface area (Å²) in [5.41, 5.74) is 1.28. The summed E-state index contributed by atoms with van der Waals surface area (Å²) in [4.78, 5) is 11.0. The Labute approximate surface area is 135 Å². The molecule has 0 unspecified atom stereocenters. The minimum Gasteiger partial charge on any atom is -0.370 e. The van der Waals surface area contributed by atoms with E-state index in [0.29, 0.717) is 0 Å². The number of nitrogens with one attached hydrogen (secondary N) is 1. The molecule has 2 aromatic rings. The van der Waals surface area contributed by atoms with E-state index in [1.165, 1.54) is 17.1 Å². The van der Waals surface area contributed by atoms with E-state index in [4.69, 9.17) is 0 Å². The maximum atomic E-state index is 4.40. The fourth-order valence-electron chi connectivity index (χ4n) is 2.52. The first-order chi connectivity index (χ1) is 10.8. The van der Waals surface area contributed by atoms with Gasteiger partial charge in [-0.2, -0.15) is 16.9 Å². The zero-order valence-corrected chi connectivity index (χ0v) is 13.7. The van der Waals surface area contributed by atoms with E-state index in [1.54, 1.807) is 6.33 Å². The van der Waals surface area contributed by atoms with Gasteiger partial charge < -0.3 is 10.2 Å². The van der Waals surface area contributed by atoms with Gasteiger partial charge >= 0.3 is 0 Å². The largest absolute Gasteiger partial charge is 0.370 e. The number of hydrogen-bond donors (Lipinski definition) is 1. The van der Waals surface area contributed by atoms with Crippen molar-refractivity contribution >= 4 is 23.4 Å². The van der Waals surface area contributed by atoms with Gasteiger partial charge in [-0.25, -0.2) is 9.97 Å². The zero-order chi connectivity index (χ0) is 15.2. The topological polar surface area (TPSA) is 58.9 Å². The molecule has 1 fully saturated rings. The van der Waals surface area contributed by atoms with Crippen molar-refractivity contribution < 1.29 is 0 Å². The smallest absolute Gasteiger partial charge is 0.134 e. The molecule has 7 heteroatoms. The number of rotatable bonds is 6. The molecule has 0 aliphatic carbocycles. The maximum absolute atomic E-state index is 4.40. The molecule has 0 aromatic carbocycles. The monoisotopic (exact) mass is 318 g/mol. The summed E-state index contributed by atoms with van der Waals surface area (Å²) in [6.07, 6.45) is 7.74. The molecule has 0 spiro atoms. The second kappa shape index (κ2) is 7.49. The van der Waals surface area contributed by atoms with Crippen molar-refractivity contribution in [2.45, 2.75) is 12.8 Å². The van der Waals surface area contributed by atoms with E-state index < -0.39 is 0 Å². The van der Waals surface area contributed by atoms with E-state index in [0.717, 1.165) is 44.1 Å². The van der Waals surface area contributed by atoms with Crippen LogP contribution in [0.1, 0.15) is 12.0 Å². The normalized spacial score (nSPS) is 15.0. The van der Waals surface area contributed by atoms with Gasteiger partial charge in [-0.1, -0.05) is 0 Å². The van der Waals surface area contributed by atoms with Crippen LogP contribution in [0.2, 0.25) is 0 Å². The first-order valence-corrected chi connectivity index (χ1v) is 8.83. The van der Waals surface area contributed by atoms with Crippen molar-refractivity contribution in [3.63, 3.8) is 0 Å². The van der Waals surface area contributed by atoms with Gasteiger partial charge in [0.25, 0.3) is 0 Å². The SMILES string of the molecule is Cn1cc(CCCNc2cc(N3CCSCC3)ncn2)cn1. The second-order valence-electron chi connectivity index (χ2n) is 5.41. The highest BCUT2D eigenvalue weighted by atomic mass is 32.2. The lowest BCUT2D eigenvalue weighted by Crippen LogP contribution is -2.33. The minimum atomic E-state index is 0.904. The molecule has 2 aromatic heterocycles. The van der Waals surface area contributed by atoms with Gasteiger partial charge in [0.2, 0.25) is 0 Å². The third-order valence-electron chi connectivity index (χ3n) is 3.69. The molecule has 1 aliphatic rings. The van der Waals surface area contributed by atoms with Gasteiger partial charge in [0.1, 0.15) is 18.0 Å². The van der Waals surface area contributed by atoms with Gasteiger partial charge in [0.15, 0.2) is 0 Å². The molecule has 1 saturated heterocycles. The molecular formula is C15H22N6S. The van der Waals surface area contributed by atoms with Crippen molar-refractivity contribution in [2.24, 2.45) is 7.05 Å². The summed E-state index contributed by atoms with van der Waals surface area (Å²) in [6.45, 7) is 3.05. The predicted octanol–water partition coefficient (Wildman–Crippen LogP) is 1.81. The quantitative estimate of drug-likeness (QED) is 0.820. The lowest BCUT2D eigenvalue weighted by molar-refractivity contribution is 0.765. The van der Waals surface area contributed by atoms with Crippen LogP contribution in [-0.4, -0.2) is 50.9 Å². The molecule has 0 bridgehead atoms. The van der Waals surface area contributed by atoms with Crippen molar-refractivity contribution in [1.29, 1.82) is 0 Å². The minimum absolute atomic E-state index is 0.904. The van der Waals surface area contributed by atoms with Gasteiger partial charge in [-0.15, -0.1) is 0 Å². The van der Waals surface area contributed by atoms with Crippen LogP contribution in [-0.2, 0) is 13.5 Å². The van der Waals surface area contributed by atoms with Crippen molar-refractivity contribution in [2.75, 3.05) is 41.4 Å². The first-order valence-electron chi connectivity index (χ1n) is 7.67. The molecule has 1 N–H and O–H groups in total.